The molecule has 44 heavy (non-hydrogen) atoms. The van der Waals surface area contributed by atoms with Gasteiger partial charge >= 0.3 is 17.9 Å². The molecule has 0 bridgehead atoms. The Kier molecular flexibility index (Phi) is 8.27. The number of nitrogens with one attached hydrogen (secondary N) is 1. The van der Waals surface area contributed by atoms with E-state index in [-0.39, 0.29) is 23.1 Å². The number of amides is 1. The van der Waals surface area contributed by atoms with Crippen LogP contribution in [-0.2, 0) is 12.6 Å². The summed E-state index contributed by atoms with van der Waals surface area (Å²) >= 11 is 0. The molecule has 9 nitrogen and oxygen atoms in total. The minimum absolute atomic E-state index is 0.00731. The van der Waals surface area contributed by atoms with Gasteiger partial charge in [-0.3, -0.25) is 4.57 Å². The number of halogens is 3. The molecule has 230 valence electrons. The van der Waals surface area contributed by atoms with Crippen molar-refractivity contribution in [2.75, 3.05) is 27.7 Å². The van der Waals surface area contributed by atoms with Crippen LogP contribution in [0.4, 0.5) is 23.7 Å². The number of carbonyl (C=O) groups is 1. The topological polar surface area (TPSA) is 78.2 Å². The second kappa shape index (κ2) is 11.8. The first kappa shape index (κ1) is 30.8. The average Bonchev–Trinajstić information content (AvgIpc) is 3.70. The molecule has 0 saturated heterocycles. The minimum Gasteiger partial charge on any atom is -0.335 e. The Morgan fingerprint density at radius 1 is 1.11 bits per heavy atom. The molecule has 2 heterocycles. The number of hydrogen-bond acceptors (Lipinski definition) is 3. The predicted octanol–water partition coefficient (Wildman–Crippen LogP) is 6.12. The van der Waals surface area contributed by atoms with E-state index in [1.807, 2.05) is 6.07 Å². The fraction of sp³-hybridized carbons (Fsp3) is 0.375. The number of imidazole rings is 1. The van der Waals surface area contributed by atoms with Crippen LogP contribution >= 0.6 is 0 Å². The fourth-order valence-electron chi connectivity index (χ4n) is 5.71. The fourth-order valence-corrected chi connectivity index (χ4v) is 5.71. The van der Waals surface area contributed by atoms with Crippen LogP contribution in [0.25, 0.3) is 27.6 Å². The molecule has 1 aliphatic carbocycles. The van der Waals surface area contributed by atoms with Gasteiger partial charge in [0.2, 0.25) is 0 Å². The van der Waals surface area contributed by atoms with Crippen molar-refractivity contribution in [1.82, 2.24) is 24.2 Å². The molecule has 12 heteroatoms. The maximum Gasteiger partial charge on any atom is 0.416 e. The average molecular weight is 607 g/mol. The van der Waals surface area contributed by atoms with Gasteiger partial charge in [-0.2, -0.15) is 18.3 Å². The van der Waals surface area contributed by atoms with E-state index in [9.17, 15) is 22.8 Å². The lowest BCUT2D eigenvalue weighted by molar-refractivity contribution is -0.870. The van der Waals surface area contributed by atoms with Gasteiger partial charge in [-0.25, -0.2) is 23.7 Å². The number of alkyl halides is 3. The van der Waals surface area contributed by atoms with Crippen molar-refractivity contribution in [3.05, 3.63) is 93.5 Å². The van der Waals surface area contributed by atoms with Crippen LogP contribution in [0.2, 0.25) is 0 Å². The zero-order valence-corrected chi connectivity index (χ0v) is 25.1. The summed E-state index contributed by atoms with van der Waals surface area (Å²) in [5.74, 6) is 0. The molecular formula is C32H35F3N7O2+. The first-order chi connectivity index (χ1) is 20.8. The highest BCUT2D eigenvalue weighted by Gasteiger charge is 2.32. The van der Waals surface area contributed by atoms with Crippen LogP contribution in [0.5, 0.6) is 0 Å². The molecule has 0 aliphatic heterocycles. The number of quaternary nitrogens is 1. The number of likely N-dealkylation sites (N-methyl/N-ethyl adjacent to an activating group) is 1. The molecule has 1 saturated carbocycles. The summed E-state index contributed by atoms with van der Waals surface area (Å²) in [5.41, 5.74) is 1.21. The first-order valence-corrected chi connectivity index (χ1v) is 14.5. The van der Waals surface area contributed by atoms with Crippen molar-refractivity contribution < 1.29 is 22.4 Å². The smallest absolute Gasteiger partial charge is 0.335 e. The van der Waals surface area contributed by atoms with E-state index in [0.717, 1.165) is 59.1 Å². The normalized spacial score (nSPS) is 14.1. The van der Waals surface area contributed by atoms with Gasteiger partial charge in [0, 0.05) is 12.5 Å². The molecule has 0 unspecified atom stereocenters. The third-order valence-electron chi connectivity index (χ3n) is 7.96. The van der Waals surface area contributed by atoms with E-state index in [1.54, 1.807) is 36.0 Å². The molecule has 0 spiro atoms. The van der Waals surface area contributed by atoms with Crippen molar-refractivity contribution in [2.24, 2.45) is 0 Å². The largest absolute Gasteiger partial charge is 0.416 e. The van der Waals surface area contributed by atoms with Gasteiger partial charge in [0.1, 0.15) is 5.69 Å². The molecule has 2 aromatic carbocycles. The van der Waals surface area contributed by atoms with Crippen LogP contribution < -0.4 is 11.0 Å². The summed E-state index contributed by atoms with van der Waals surface area (Å²) in [6, 6.07) is 10.7. The Balaban J connectivity index is 1.71. The van der Waals surface area contributed by atoms with Crippen molar-refractivity contribution in [2.45, 2.75) is 51.2 Å². The zero-order chi connectivity index (χ0) is 31.8. The lowest BCUT2D eigenvalue weighted by Crippen LogP contribution is -2.41. The van der Waals surface area contributed by atoms with Crippen LogP contribution in [-0.4, -0.2) is 63.2 Å². The molecule has 1 amide bonds. The Labute approximate surface area is 253 Å². The SMILES string of the molecule is [C-]#[N+]c1ccc(-n2nccc2-c2c(C)n(-c3cccc(C(F)(F)F)c3)c(=O)n2C(=O)NC2CCCC2)c(CC[N+](C)(C)C)c1. The van der Waals surface area contributed by atoms with Crippen LogP contribution in [0.3, 0.4) is 0 Å². The van der Waals surface area contributed by atoms with E-state index >= 15 is 0 Å². The van der Waals surface area contributed by atoms with Crippen LogP contribution in [0.1, 0.15) is 42.5 Å². The third kappa shape index (κ3) is 6.19. The maximum absolute atomic E-state index is 14.0. The number of aromatic nitrogens is 4. The lowest BCUT2D eigenvalue weighted by Gasteiger charge is -2.24. The number of carbonyl (C=O) groups excluding carboxylic acids is 1. The summed E-state index contributed by atoms with van der Waals surface area (Å²) in [6.45, 7) is 9.89. The second-order valence-electron chi connectivity index (χ2n) is 12.2. The van der Waals surface area contributed by atoms with E-state index in [2.05, 4.69) is 36.4 Å². The standard InChI is InChI=1S/C32H34F3N7O2/c1-21-29(28-15-17-37-41(28)27-14-13-25(36-2)19-22(27)16-18-42(3,4)5)40(30(43)38-24-10-6-7-11-24)31(44)39(21)26-12-8-9-23(20-26)32(33,34)35/h8-9,12-15,17,19-20,24H,6-7,10-11,16,18H2,1,3-5H3/p+1. The van der Waals surface area contributed by atoms with Gasteiger partial charge in [-0.05, 0) is 55.7 Å². The minimum atomic E-state index is -4.61. The quantitative estimate of drug-likeness (QED) is 0.204. The van der Waals surface area contributed by atoms with E-state index in [4.69, 9.17) is 6.57 Å². The maximum atomic E-state index is 14.0. The van der Waals surface area contributed by atoms with Gasteiger partial charge in [-0.15, -0.1) is 0 Å². The van der Waals surface area contributed by atoms with Crippen molar-refractivity contribution >= 4 is 11.7 Å². The highest BCUT2D eigenvalue weighted by molar-refractivity contribution is 5.83. The molecule has 0 atom stereocenters. The Morgan fingerprint density at radius 2 is 1.84 bits per heavy atom. The van der Waals surface area contributed by atoms with Gasteiger partial charge in [0.25, 0.3) is 0 Å². The lowest BCUT2D eigenvalue weighted by atomic mass is 10.1. The zero-order valence-electron chi connectivity index (χ0n) is 25.1. The van der Waals surface area contributed by atoms with E-state index < -0.39 is 23.5 Å². The van der Waals surface area contributed by atoms with Gasteiger partial charge in [-0.1, -0.05) is 31.0 Å². The number of benzene rings is 2. The van der Waals surface area contributed by atoms with Crippen LogP contribution in [0, 0.1) is 13.5 Å². The summed E-state index contributed by atoms with van der Waals surface area (Å²) in [7, 11) is 6.21. The van der Waals surface area contributed by atoms with Crippen molar-refractivity contribution in [1.29, 1.82) is 0 Å². The van der Waals surface area contributed by atoms with Gasteiger partial charge < -0.3 is 9.80 Å². The summed E-state index contributed by atoms with van der Waals surface area (Å²) in [4.78, 5) is 31.4. The van der Waals surface area contributed by atoms with Crippen molar-refractivity contribution in [3.63, 3.8) is 0 Å². The van der Waals surface area contributed by atoms with Crippen LogP contribution in [0.15, 0.2) is 59.5 Å². The molecule has 0 radical (unpaired) electrons. The van der Waals surface area contributed by atoms with Crippen molar-refractivity contribution in [3.8, 4) is 22.8 Å². The number of nitrogens with zero attached hydrogens (tertiary/aromatic N) is 6. The highest BCUT2D eigenvalue weighted by atomic mass is 19.4. The summed E-state index contributed by atoms with van der Waals surface area (Å²) in [6.07, 6.45) is 1.04. The molecular weight excluding hydrogens is 571 g/mol. The Hall–Kier alpha value is -4.63. The molecule has 1 fully saturated rings. The summed E-state index contributed by atoms with van der Waals surface area (Å²) in [5, 5.41) is 7.51. The molecule has 5 rings (SSSR count). The summed E-state index contributed by atoms with van der Waals surface area (Å²) < 4.78 is 45.3. The third-order valence-corrected chi connectivity index (χ3v) is 7.96. The Morgan fingerprint density at radius 3 is 2.50 bits per heavy atom. The first-order valence-electron chi connectivity index (χ1n) is 14.5. The van der Waals surface area contributed by atoms with E-state index in [0.29, 0.717) is 28.0 Å². The monoisotopic (exact) mass is 606 g/mol. The Bertz CT molecular complexity index is 1800. The van der Waals surface area contributed by atoms with Gasteiger partial charge in [0.05, 0.1) is 68.8 Å². The van der Waals surface area contributed by atoms with E-state index in [1.165, 1.54) is 12.1 Å². The molecule has 1 N–H and O–H groups in total. The predicted molar refractivity (Wildman–Crippen MR) is 161 cm³/mol. The number of rotatable bonds is 7. The number of hydrogen-bond donors (Lipinski definition) is 1. The molecule has 4 aromatic rings. The molecule has 1 aliphatic rings. The molecule has 2 aromatic heterocycles. The van der Waals surface area contributed by atoms with Gasteiger partial charge in [0.15, 0.2) is 5.69 Å². The highest BCUT2D eigenvalue weighted by Crippen LogP contribution is 2.33. The second-order valence-corrected chi connectivity index (χ2v) is 12.2.